The Bertz CT molecular complexity index is 1810. The van der Waals surface area contributed by atoms with E-state index >= 15 is 0 Å². The second-order valence-corrected chi connectivity index (χ2v) is 12.3. The van der Waals surface area contributed by atoms with Crippen molar-refractivity contribution in [3.8, 4) is 75.7 Å². The number of rotatable bonds is 5. The first kappa shape index (κ1) is 24.5. The van der Waals surface area contributed by atoms with Crippen LogP contribution in [0, 0.1) is 0 Å². The number of fused-ring (bicyclic) bond motifs is 2. The molecular formula is C31H21N3O4S3. The molecule has 202 valence electrons. The van der Waals surface area contributed by atoms with E-state index in [0.29, 0.717) is 26.4 Å². The third-order valence-electron chi connectivity index (χ3n) is 6.70. The second-order valence-electron chi connectivity index (χ2n) is 9.29. The third kappa shape index (κ3) is 4.44. The van der Waals surface area contributed by atoms with E-state index < -0.39 is 0 Å². The minimum absolute atomic E-state index is 0.514. The Balaban J connectivity index is 1.23. The van der Waals surface area contributed by atoms with Gasteiger partial charge in [-0.3, -0.25) is 9.97 Å². The molecule has 8 heterocycles. The molecule has 0 atom stereocenters. The number of thiophene rings is 3. The van der Waals surface area contributed by atoms with Crippen LogP contribution in [-0.4, -0.2) is 41.4 Å². The van der Waals surface area contributed by atoms with Gasteiger partial charge in [-0.25, -0.2) is 4.98 Å². The first-order chi connectivity index (χ1) is 20.3. The molecule has 0 amide bonds. The van der Waals surface area contributed by atoms with Crippen molar-refractivity contribution in [2.24, 2.45) is 0 Å². The van der Waals surface area contributed by atoms with Crippen LogP contribution < -0.4 is 18.9 Å². The van der Waals surface area contributed by atoms with E-state index in [1.54, 1.807) is 46.4 Å². The summed E-state index contributed by atoms with van der Waals surface area (Å²) >= 11 is 4.99. The number of aromatic nitrogens is 3. The van der Waals surface area contributed by atoms with E-state index in [-0.39, 0.29) is 0 Å². The van der Waals surface area contributed by atoms with Gasteiger partial charge in [0.25, 0.3) is 0 Å². The van der Waals surface area contributed by atoms with Crippen LogP contribution in [0.1, 0.15) is 0 Å². The molecule has 0 unspecified atom stereocenters. The van der Waals surface area contributed by atoms with Crippen LogP contribution in [0.3, 0.4) is 0 Å². The van der Waals surface area contributed by atoms with Gasteiger partial charge in [0, 0.05) is 27.5 Å². The lowest BCUT2D eigenvalue weighted by molar-refractivity contribution is 0.172. The highest BCUT2D eigenvalue weighted by Crippen LogP contribution is 2.59. The molecule has 0 N–H and O–H groups in total. The number of pyridine rings is 3. The Morgan fingerprint density at radius 2 is 1.20 bits per heavy atom. The van der Waals surface area contributed by atoms with Gasteiger partial charge in [0.15, 0.2) is 23.0 Å². The van der Waals surface area contributed by atoms with Crippen molar-refractivity contribution in [1.82, 2.24) is 15.0 Å². The molecule has 6 aromatic rings. The molecule has 0 spiro atoms. The van der Waals surface area contributed by atoms with Crippen molar-refractivity contribution >= 4 is 34.0 Å². The molecule has 2 aliphatic rings. The zero-order chi connectivity index (χ0) is 27.2. The number of nitrogens with zero attached hydrogens (tertiary/aromatic N) is 3. The molecule has 2 aliphatic heterocycles. The largest absolute Gasteiger partial charge is 0.485 e. The zero-order valence-electron chi connectivity index (χ0n) is 21.5. The lowest BCUT2D eigenvalue weighted by atomic mass is 10.1. The van der Waals surface area contributed by atoms with Gasteiger partial charge in [-0.15, -0.1) is 34.0 Å². The number of ether oxygens (including phenoxy) is 4. The van der Waals surface area contributed by atoms with Crippen molar-refractivity contribution in [2.75, 3.05) is 26.4 Å². The van der Waals surface area contributed by atoms with Gasteiger partial charge in [-0.2, -0.15) is 0 Å². The van der Waals surface area contributed by atoms with Crippen LogP contribution in [0.2, 0.25) is 0 Å². The van der Waals surface area contributed by atoms with Crippen LogP contribution in [0.5, 0.6) is 23.0 Å². The maximum atomic E-state index is 6.20. The summed E-state index contributed by atoms with van der Waals surface area (Å²) in [7, 11) is 0. The molecule has 0 saturated carbocycles. The molecule has 0 aliphatic carbocycles. The SMILES string of the molecule is c1ccc(-c2cc(-c3ccc(-c4sc(-c5scc6c5OCCO6)c5c4OCCO5)s3)cc(-c3ccccn3)n2)nc1. The molecule has 8 rings (SSSR count). The van der Waals surface area contributed by atoms with E-state index in [9.17, 15) is 0 Å². The van der Waals surface area contributed by atoms with E-state index in [2.05, 4.69) is 34.2 Å². The average Bonchev–Trinajstić information content (AvgIpc) is 3.79. The lowest BCUT2D eigenvalue weighted by Gasteiger charge is -2.18. The van der Waals surface area contributed by atoms with Gasteiger partial charge >= 0.3 is 0 Å². The fourth-order valence-corrected chi connectivity index (χ4v) is 8.22. The molecule has 0 fully saturated rings. The predicted octanol–water partition coefficient (Wildman–Crippen LogP) is 7.93. The molecule has 0 saturated heterocycles. The first-order valence-corrected chi connectivity index (χ1v) is 15.6. The third-order valence-corrected chi connectivity index (χ3v) is 10.3. The van der Waals surface area contributed by atoms with Crippen LogP contribution >= 0.6 is 34.0 Å². The van der Waals surface area contributed by atoms with E-state index in [4.69, 9.17) is 23.9 Å². The minimum Gasteiger partial charge on any atom is -0.485 e. The maximum Gasteiger partial charge on any atom is 0.181 e. The van der Waals surface area contributed by atoms with Crippen molar-refractivity contribution in [1.29, 1.82) is 0 Å². The summed E-state index contributed by atoms with van der Waals surface area (Å²) in [6.45, 7) is 2.13. The Hall–Kier alpha value is -4.25. The van der Waals surface area contributed by atoms with Gasteiger partial charge in [-0.05, 0) is 54.1 Å². The molecule has 7 nitrogen and oxygen atoms in total. The predicted molar refractivity (Wildman–Crippen MR) is 163 cm³/mol. The number of hydrogen-bond acceptors (Lipinski definition) is 10. The van der Waals surface area contributed by atoms with Gasteiger partial charge in [-0.1, -0.05) is 12.1 Å². The molecule has 10 heteroatoms. The second kappa shape index (κ2) is 10.3. The molecule has 0 radical (unpaired) electrons. The summed E-state index contributed by atoms with van der Waals surface area (Å²) in [5.41, 5.74) is 4.29. The van der Waals surface area contributed by atoms with Crippen LogP contribution in [0.25, 0.3) is 52.7 Å². The lowest BCUT2D eigenvalue weighted by Crippen LogP contribution is -2.15. The van der Waals surface area contributed by atoms with Gasteiger partial charge in [0.05, 0.1) is 37.4 Å². The summed E-state index contributed by atoms with van der Waals surface area (Å²) in [6, 6.07) is 20.2. The van der Waals surface area contributed by atoms with Crippen LogP contribution in [-0.2, 0) is 0 Å². The number of hydrogen-bond donors (Lipinski definition) is 0. The average molecular weight is 596 g/mol. The quantitative estimate of drug-likeness (QED) is 0.200. The van der Waals surface area contributed by atoms with Gasteiger partial charge < -0.3 is 18.9 Å². The zero-order valence-corrected chi connectivity index (χ0v) is 24.0. The molecule has 0 bridgehead atoms. The molecule has 41 heavy (non-hydrogen) atoms. The van der Waals surface area contributed by atoms with Crippen molar-refractivity contribution in [3.63, 3.8) is 0 Å². The van der Waals surface area contributed by atoms with E-state index in [1.165, 1.54) is 0 Å². The van der Waals surface area contributed by atoms with Crippen molar-refractivity contribution in [2.45, 2.75) is 0 Å². The standard InChI is InChI=1S/C31H21N3O4S3/c1-3-9-32-19(5-1)21-15-18(16-22(34-21)20-6-2-4-10-33-20)24-7-8-25(40-24)29-27-28(38-14-13-37-27)31(41-29)30-26-23(17-39-30)35-11-12-36-26/h1-10,15-17H,11-14H2. The maximum absolute atomic E-state index is 6.20. The Labute approximate surface area is 247 Å². The fourth-order valence-electron chi connectivity index (χ4n) is 4.86. The van der Waals surface area contributed by atoms with Crippen molar-refractivity contribution < 1.29 is 18.9 Å². The smallest absolute Gasteiger partial charge is 0.181 e. The first-order valence-electron chi connectivity index (χ1n) is 13.1. The molecule has 0 aromatic carbocycles. The van der Waals surface area contributed by atoms with Crippen LogP contribution in [0.4, 0.5) is 0 Å². The highest BCUT2D eigenvalue weighted by molar-refractivity contribution is 7.27. The highest BCUT2D eigenvalue weighted by Gasteiger charge is 2.31. The summed E-state index contributed by atoms with van der Waals surface area (Å²) in [5.74, 6) is 3.16. The van der Waals surface area contributed by atoms with Crippen LogP contribution in [0.15, 0.2) is 78.4 Å². The summed E-state index contributed by atoms with van der Waals surface area (Å²) < 4.78 is 24.2. The Morgan fingerprint density at radius 1 is 0.561 bits per heavy atom. The summed E-state index contributed by atoms with van der Waals surface area (Å²) in [5, 5.41) is 2.00. The Morgan fingerprint density at radius 3 is 1.88 bits per heavy atom. The highest BCUT2D eigenvalue weighted by atomic mass is 32.1. The molecular weight excluding hydrogens is 575 g/mol. The fraction of sp³-hybridized carbons (Fsp3) is 0.129. The topological polar surface area (TPSA) is 75.6 Å². The Kier molecular flexibility index (Phi) is 6.16. The van der Waals surface area contributed by atoms with Gasteiger partial charge in [0.1, 0.15) is 26.4 Å². The summed E-state index contributed by atoms with van der Waals surface area (Å²) in [6.07, 6.45) is 3.57. The summed E-state index contributed by atoms with van der Waals surface area (Å²) in [4.78, 5) is 19.3. The van der Waals surface area contributed by atoms with Gasteiger partial charge in [0.2, 0.25) is 0 Å². The molecule has 6 aromatic heterocycles. The minimum atomic E-state index is 0.514. The normalized spacial score (nSPS) is 13.8. The van der Waals surface area contributed by atoms with Crippen molar-refractivity contribution in [3.05, 3.63) is 78.4 Å². The monoisotopic (exact) mass is 595 g/mol. The van der Waals surface area contributed by atoms with E-state index in [0.717, 1.165) is 75.7 Å². The van der Waals surface area contributed by atoms with E-state index in [1.807, 2.05) is 41.8 Å².